The van der Waals surface area contributed by atoms with E-state index in [4.69, 9.17) is 11.6 Å². The van der Waals surface area contributed by atoms with E-state index in [9.17, 15) is 0 Å². The van der Waals surface area contributed by atoms with Crippen LogP contribution < -0.4 is 0 Å². The maximum absolute atomic E-state index is 6.31. The van der Waals surface area contributed by atoms with Crippen LogP contribution in [0.2, 0.25) is 5.02 Å². The highest BCUT2D eigenvalue weighted by Gasteiger charge is 2.12. The van der Waals surface area contributed by atoms with Crippen LogP contribution in [0.1, 0.15) is 18.9 Å². The van der Waals surface area contributed by atoms with Crippen molar-refractivity contribution in [2.45, 2.75) is 13.3 Å². The molecule has 0 saturated heterocycles. The number of fused-ring (bicyclic) bond motifs is 3. The minimum Gasteiger partial charge on any atom is -0.135 e. The van der Waals surface area contributed by atoms with Gasteiger partial charge in [0, 0.05) is 30.8 Å². The molecule has 0 amide bonds. The molecule has 0 aliphatic heterocycles. The van der Waals surface area contributed by atoms with Crippen molar-refractivity contribution in [3.8, 4) is 11.1 Å². The first-order valence-corrected chi connectivity index (χ1v) is 9.34. The molecule has 0 aliphatic rings. The summed E-state index contributed by atoms with van der Waals surface area (Å²) in [6, 6.07) is 21.3. The van der Waals surface area contributed by atoms with E-state index in [1.165, 1.54) is 36.9 Å². The smallest absolute Gasteiger partial charge is 0.0434 e. The molecule has 0 spiro atoms. The Morgan fingerprint density at radius 3 is 2.62 bits per heavy atom. The molecule has 0 N–H and O–H groups in total. The van der Waals surface area contributed by atoms with Crippen LogP contribution in [0, 0.1) is 0 Å². The summed E-state index contributed by atoms with van der Waals surface area (Å²) in [5.74, 6) is 0. The van der Waals surface area contributed by atoms with E-state index in [-0.39, 0.29) is 0 Å². The fourth-order valence-corrected chi connectivity index (χ4v) is 4.51. The van der Waals surface area contributed by atoms with Crippen molar-refractivity contribution < 1.29 is 0 Å². The Bertz CT molecular complexity index is 1060. The average Bonchev–Trinajstić information content (AvgIpc) is 2.99. The highest BCUT2D eigenvalue weighted by molar-refractivity contribution is 7.26. The summed E-state index contributed by atoms with van der Waals surface area (Å²) in [5.41, 5.74) is 3.67. The fourth-order valence-electron chi connectivity index (χ4n) is 3.11. The Hall–Kier alpha value is -2.09. The largest absolute Gasteiger partial charge is 0.135 e. The minimum absolute atomic E-state index is 0.775. The standard InChI is InChI=1S/C22H17ClS/c1-2-3-7-15-12-13-16(23)14-20(15)19-10-6-9-18-17-8-4-5-11-21(17)24-22(18)19/h3-14H,2H2,1H3/b7-3+. The first kappa shape index (κ1) is 15.4. The highest BCUT2D eigenvalue weighted by atomic mass is 35.5. The quantitative estimate of drug-likeness (QED) is 0.354. The van der Waals surface area contributed by atoms with Gasteiger partial charge < -0.3 is 0 Å². The number of hydrogen-bond acceptors (Lipinski definition) is 1. The Labute approximate surface area is 151 Å². The molecule has 0 fully saturated rings. The molecular weight excluding hydrogens is 332 g/mol. The predicted octanol–water partition coefficient (Wildman–Crippen LogP) is 7.80. The molecule has 0 saturated carbocycles. The normalized spacial score (nSPS) is 11.8. The van der Waals surface area contributed by atoms with Gasteiger partial charge in [-0.15, -0.1) is 11.3 Å². The number of benzene rings is 3. The first-order valence-electron chi connectivity index (χ1n) is 8.14. The molecule has 0 bridgehead atoms. The lowest BCUT2D eigenvalue weighted by Gasteiger charge is -2.09. The zero-order valence-electron chi connectivity index (χ0n) is 13.4. The molecule has 4 rings (SSSR count). The number of allylic oxidation sites excluding steroid dienone is 1. The first-order chi connectivity index (χ1) is 11.8. The van der Waals surface area contributed by atoms with Crippen LogP contribution in [0.4, 0.5) is 0 Å². The molecule has 0 unspecified atom stereocenters. The van der Waals surface area contributed by atoms with E-state index >= 15 is 0 Å². The zero-order valence-corrected chi connectivity index (χ0v) is 15.0. The van der Waals surface area contributed by atoms with Gasteiger partial charge in [0.2, 0.25) is 0 Å². The summed E-state index contributed by atoms with van der Waals surface area (Å²) in [4.78, 5) is 0. The Balaban J connectivity index is 2.03. The molecule has 0 aliphatic carbocycles. The predicted molar refractivity (Wildman–Crippen MR) is 109 cm³/mol. The molecule has 2 heteroatoms. The van der Waals surface area contributed by atoms with Crippen LogP contribution in [0.5, 0.6) is 0 Å². The molecule has 1 aromatic heterocycles. The molecule has 0 nitrogen and oxygen atoms in total. The Morgan fingerprint density at radius 1 is 0.917 bits per heavy atom. The van der Waals surface area contributed by atoms with Crippen molar-refractivity contribution in [2.24, 2.45) is 0 Å². The van der Waals surface area contributed by atoms with Gasteiger partial charge in [-0.2, -0.15) is 0 Å². The van der Waals surface area contributed by atoms with Crippen molar-refractivity contribution in [1.82, 2.24) is 0 Å². The summed E-state index contributed by atoms with van der Waals surface area (Å²) in [5, 5.41) is 3.42. The average molecular weight is 349 g/mol. The molecule has 118 valence electrons. The molecule has 0 atom stereocenters. The zero-order chi connectivity index (χ0) is 16.5. The van der Waals surface area contributed by atoms with Crippen molar-refractivity contribution in [3.05, 3.63) is 77.3 Å². The third-order valence-corrected chi connectivity index (χ3v) is 5.70. The molecule has 3 aromatic carbocycles. The Kier molecular flexibility index (Phi) is 4.13. The lowest BCUT2D eigenvalue weighted by Crippen LogP contribution is -1.84. The van der Waals surface area contributed by atoms with E-state index in [0.717, 1.165) is 11.4 Å². The molecular formula is C22H17ClS. The van der Waals surface area contributed by atoms with Crippen LogP contribution in [0.25, 0.3) is 37.4 Å². The van der Waals surface area contributed by atoms with Crippen LogP contribution in [0.15, 0.2) is 66.7 Å². The van der Waals surface area contributed by atoms with Gasteiger partial charge in [0.15, 0.2) is 0 Å². The number of thiophene rings is 1. The van der Waals surface area contributed by atoms with E-state index in [1.807, 2.05) is 17.4 Å². The van der Waals surface area contributed by atoms with Crippen molar-refractivity contribution in [3.63, 3.8) is 0 Å². The van der Waals surface area contributed by atoms with Gasteiger partial charge in [0.1, 0.15) is 0 Å². The van der Waals surface area contributed by atoms with Crippen molar-refractivity contribution in [1.29, 1.82) is 0 Å². The molecule has 0 radical (unpaired) electrons. The van der Waals surface area contributed by atoms with E-state index in [1.54, 1.807) is 0 Å². The number of hydrogen-bond donors (Lipinski definition) is 0. The van der Waals surface area contributed by atoms with Gasteiger partial charge >= 0.3 is 0 Å². The monoisotopic (exact) mass is 348 g/mol. The van der Waals surface area contributed by atoms with Gasteiger partial charge in [0.05, 0.1) is 0 Å². The second-order valence-electron chi connectivity index (χ2n) is 5.82. The third kappa shape index (κ3) is 2.64. The summed E-state index contributed by atoms with van der Waals surface area (Å²) in [6.07, 6.45) is 5.41. The van der Waals surface area contributed by atoms with E-state index in [0.29, 0.717) is 0 Å². The SMILES string of the molecule is CC/C=C/c1ccc(Cl)cc1-c1cccc2c1sc1ccccc12. The maximum atomic E-state index is 6.31. The number of halogens is 1. The minimum atomic E-state index is 0.775. The summed E-state index contributed by atoms with van der Waals surface area (Å²) in [7, 11) is 0. The van der Waals surface area contributed by atoms with Crippen LogP contribution in [-0.4, -0.2) is 0 Å². The summed E-state index contributed by atoms with van der Waals surface area (Å²) >= 11 is 8.16. The lowest BCUT2D eigenvalue weighted by molar-refractivity contribution is 1.23. The Morgan fingerprint density at radius 2 is 1.75 bits per heavy atom. The van der Waals surface area contributed by atoms with Gasteiger partial charge in [-0.1, -0.05) is 73.1 Å². The van der Waals surface area contributed by atoms with Gasteiger partial charge in [-0.3, -0.25) is 0 Å². The highest BCUT2D eigenvalue weighted by Crippen LogP contribution is 2.41. The second-order valence-corrected chi connectivity index (χ2v) is 7.31. The third-order valence-electron chi connectivity index (χ3n) is 4.24. The van der Waals surface area contributed by atoms with Crippen LogP contribution >= 0.6 is 22.9 Å². The van der Waals surface area contributed by atoms with Gasteiger partial charge in [0.25, 0.3) is 0 Å². The number of rotatable bonds is 3. The summed E-state index contributed by atoms with van der Waals surface area (Å²) < 4.78 is 2.65. The maximum Gasteiger partial charge on any atom is 0.0434 e. The van der Waals surface area contributed by atoms with Crippen molar-refractivity contribution >= 4 is 49.2 Å². The van der Waals surface area contributed by atoms with Gasteiger partial charge in [-0.25, -0.2) is 0 Å². The topological polar surface area (TPSA) is 0 Å². The van der Waals surface area contributed by atoms with Crippen molar-refractivity contribution in [2.75, 3.05) is 0 Å². The molecule has 4 aromatic rings. The van der Waals surface area contributed by atoms with Crippen LogP contribution in [0.3, 0.4) is 0 Å². The molecule has 24 heavy (non-hydrogen) atoms. The van der Waals surface area contributed by atoms with Crippen LogP contribution in [-0.2, 0) is 0 Å². The fraction of sp³-hybridized carbons (Fsp3) is 0.0909. The second kappa shape index (κ2) is 6.43. The lowest BCUT2D eigenvalue weighted by atomic mass is 9.97. The summed E-state index contributed by atoms with van der Waals surface area (Å²) in [6.45, 7) is 2.15. The molecule has 1 heterocycles. The van der Waals surface area contributed by atoms with E-state index < -0.39 is 0 Å². The van der Waals surface area contributed by atoms with Gasteiger partial charge in [-0.05, 0) is 35.7 Å². The van der Waals surface area contributed by atoms with E-state index in [2.05, 4.69) is 73.7 Å².